The van der Waals surface area contributed by atoms with Gasteiger partial charge in [-0.05, 0) is 38.5 Å². The Balaban J connectivity index is 3.12. The summed E-state index contributed by atoms with van der Waals surface area (Å²) in [5.74, 6) is 1.51. The van der Waals surface area contributed by atoms with E-state index in [1.165, 1.54) is 6.42 Å². The highest BCUT2D eigenvalue weighted by molar-refractivity contribution is 6.17. The van der Waals surface area contributed by atoms with Crippen molar-refractivity contribution in [2.45, 2.75) is 52.6 Å². The third kappa shape index (κ3) is 10.2. The molecule has 80 valence electrons. The first-order chi connectivity index (χ1) is 6.16. The van der Waals surface area contributed by atoms with Gasteiger partial charge in [-0.3, -0.25) is 0 Å². The van der Waals surface area contributed by atoms with E-state index in [0.29, 0.717) is 6.10 Å². The molecule has 0 aromatic heterocycles. The Bertz CT molecular complexity index is 104. The minimum Gasteiger partial charge on any atom is -0.379 e. The van der Waals surface area contributed by atoms with E-state index in [4.69, 9.17) is 16.3 Å². The third-order valence-electron chi connectivity index (χ3n) is 1.98. The van der Waals surface area contributed by atoms with Crippen molar-refractivity contribution in [3.63, 3.8) is 0 Å². The molecule has 0 N–H and O–H groups in total. The van der Waals surface area contributed by atoms with E-state index in [1.807, 2.05) is 0 Å². The molecule has 0 aliphatic carbocycles. The summed E-state index contributed by atoms with van der Waals surface area (Å²) in [5.41, 5.74) is 0. The molecule has 0 bridgehead atoms. The van der Waals surface area contributed by atoms with Crippen LogP contribution in [0.25, 0.3) is 0 Å². The second-order valence-electron chi connectivity index (χ2n) is 4.06. The van der Waals surface area contributed by atoms with Gasteiger partial charge in [-0.1, -0.05) is 13.8 Å². The second-order valence-corrected chi connectivity index (χ2v) is 4.44. The highest BCUT2D eigenvalue weighted by atomic mass is 35.5. The summed E-state index contributed by atoms with van der Waals surface area (Å²) in [5, 5.41) is 0. The summed E-state index contributed by atoms with van der Waals surface area (Å²) in [7, 11) is 0. The second kappa shape index (κ2) is 8.83. The fraction of sp³-hybridized carbons (Fsp3) is 1.00. The number of rotatable bonds is 8. The molecule has 1 atom stereocenters. The van der Waals surface area contributed by atoms with Crippen molar-refractivity contribution in [2.24, 2.45) is 5.92 Å². The smallest absolute Gasteiger partial charge is 0.0549 e. The fourth-order valence-electron chi connectivity index (χ4n) is 1.39. The molecule has 0 radical (unpaired) electrons. The molecule has 0 aromatic rings. The van der Waals surface area contributed by atoms with Crippen LogP contribution in [0, 0.1) is 5.92 Å². The van der Waals surface area contributed by atoms with Crippen LogP contribution in [0.1, 0.15) is 46.5 Å². The minimum atomic E-state index is 0.413. The molecule has 0 heterocycles. The van der Waals surface area contributed by atoms with E-state index in [0.717, 1.165) is 37.7 Å². The quantitative estimate of drug-likeness (QED) is 0.433. The molecule has 1 nitrogen and oxygen atoms in total. The van der Waals surface area contributed by atoms with Gasteiger partial charge in [-0.15, -0.1) is 11.6 Å². The van der Waals surface area contributed by atoms with E-state index in [-0.39, 0.29) is 0 Å². The molecular formula is C11H23ClO. The van der Waals surface area contributed by atoms with Crippen LogP contribution in [0.15, 0.2) is 0 Å². The first-order valence-electron chi connectivity index (χ1n) is 5.34. The maximum absolute atomic E-state index is 5.66. The molecule has 0 saturated heterocycles. The largest absolute Gasteiger partial charge is 0.379 e. The average Bonchev–Trinajstić information content (AvgIpc) is 2.02. The number of ether oxygens (including phenoxy) is 1. The highest BCUT2D eigenvalue weighted by Crippen LogP contribution is 2.08. The average molecular weight is 207 g/mol. The standard InChI is InChI=1S/C11H23ClO/c1-10(2)9-11(3)13-8-6-4-5-7-12/h10-11H,4-9H2,1-3H3. The van der Waals surface area contributed by atoms with Crippen molar-refractivity contribution >= 4 is 11.6 Å². The van der Waals surface area contributed by atoms with E-state index < -0.39 is 0 Å². The Kier molecular flexibility index (Phi) is 9.00. The zero-order valence-electron chi connectivity index (χ0n) is 9.18. The van der Waals surface area contributed by atoms with Crippen LogP contribution in [0.4, 0.5) is 0 Å². The molecular weight excluding hydrogens is 184 g/mol. The first-order valence-corrected chi connectivity index (χ1v) is 5.87. The lowest BCUT2D eigenvalue weighted by Gasteiger charge is -2.14. The monoisotopic (exact) mass is 206 g/mol. The van der Waals surface area contributed by atoms with Crippen LogP contribution in [-0.4, -0.2) is 18.6 Å². The maximum Gasteiger partial charge on any atom is 0.0549 e. The van der Waals surface area contributed by atoms with Gasteiger partial charge in [-0.2, -0.15) is 0 Å². The van der Waals surface area contributed by atoms with E-state index >= 15 is 0 Å². The van der Waals surface area contributed by atoms with Gasteiger partial charge in [0.25, 0.3) is 0 Å². The molecule has 0 aliphatic rings. The van der Waals surface area contributed by atoms with Gasteiger partial charge in [0.1, 0.15) is 0 Å². The van der Waals surface area contributed by atoms with Gasteiger partial charge in [0, 0.05) is 12.5 Å². The van der Waals surface area contributed by atoms with Gasteiger partial charge >= 0.3 is 0 Å². The number of halogens is 1. The van der Waals surface area contributed by atoms with Crippen molar-refractivity contribution < 1.29 is 4.74 Å². The first kappa shape index (κ1) is 13.2. The van der Waals surface area contributed by atoms with Crippen LogP contribution in [0.3, 0.4) is 0 Å². The van der Waals surface area contributed by atoms with E-state index in [9.17, 15) is 0 Å². The predicted molar refractivity (Wildman–Crippen MR) is 59.4 cm³/mol. The fourth-order valence-corrected chi connectivity index (χ4v) is 1.58. The SMILES string of the molecule is CC(C)CC(C)OCCCCCCl. The Labute approximate surface area is 87.8 Å². The summed E-state index contributed by atoms with van der Waals surface area (Å²) >= 11 is 5.57. The Morgan fingerprint density at radius 2 is 1.77 bits per heavy atom. The molecule has 0 aliphatic heterocycles. The van der Waals surface area contributed by atoms with Gasteiger partial charge in [0.15, 0.2) is 0 Å². The van der Waals surface area contributed by atoms with E-state index in [1.54, 1.807) is 0 Å². The number of alkyl halides is 1. The molecule has 0 spiro atoms. The van der Waals surface area contributed by atoms with Crippen LogP contribution >= 0.6 is 11.6 Å². The summed E-state index contributed by atoms with van der Waals surface area (Å²) in [6.45, 7) is 7.51. The lowest BCUT2D eigenvalue weighted by molar-refractivity contribution is 0.0496. The molecule has 2 heteroatoms. The van der Waals surface area contributed by atoms with Crippen molar-refractivity contribution in [3.05, 3.63) is 0 Å². The molecule has 1 unspecified atom stereocenters. The summed E-state index contributed by atoms with van der Waals surface area (Å²) in [6, 6.07) is 0. The maximum atomic E-state index is 5.66. The Morgan fingerprint density at radius 1 is 1.08 bits per heavy atom. The molecule has 0 saturated carbocycles. The topological polar surface area (TPSA) is 9.23 Å². The van der Waals surface area contributed by atoms with Crippen molar-refractivity contribution in [3.8, 4) is 0 Å². The van der Waals surface area contributed by atoms with Crippen LogP contribution < -0.4 is 0 Å². The summed E-state index contributed by atoms with van der Waals surface area (Å²) < 4.78 is 5.66. The highest BCUT2D eigenvalue weighted by Gasteiger charge is 2.04. The predicted octanol–water partition coefficient (Wildman–Crippen LogP) is 3.85. The summed E-state index contributed by atoms with van der Waals surface area (Å²) in [4.78, 5) is 0. The Hall–Kier alpha value is 0.250. The normalized spacial score (nSPS) is 13.6. The van der Waals surface area contributed by atoms with Crippen LogP contribution in [0.2, 0.25) is 0 Å². The molecule has 0 fully saturated rings. The zero-order valence-corrected chi connectivity index (χ0v) is 9.94. The van der Waals surface area contributed by atoms with Gasteiger partial charge in [0.05, 0.1) is 6.10 Å². The zero-order chi connectivity index (χ0) is 10.1. The Morgan fingerprint density at radius 3 is 2.31 bits per heavy atom. The van der Waals surface area contributed by atoms with Crippen molar-refractivity contribution in [2.75, 3.05) is 12.5 Å². The molecule has 0 rings (SSSR count). The van der Waals surface area contributed by atoms with E-state index in [2.05, 4.69) is 20.8 Å². The lowest BCUT2D eigenvalue weighted by Crippen LogP contribution is -2.12. The minimum absolute atomic E-state index is 0.413. The number of hydrogen-bond donors (Lipinski definition) is 0. The number of hydrogen-bond acceptors (Lipinski definition) is 1. The molecule has 13 heavy (non-hydrogen) atoms. The third-order valence-corrected chi connectivity index (χ3v) is 2.25. The van der Waals surface area contributed by atoms with Gasteiger partial charge in [-0.25, -0.2) is 0 Å². The summed E-state index contributed by atoms with van der Waals surface area (Å²) in [6.07, 6.45) is 5.03. The van der Waals surface area contributed by atoms with Gasteiger partial charge < -0.3 is 4.74 Å². The molecule has 0 amide bonds. The van der Waals surface area contributed by atoms with Crippen molar-refractivity contribution in [1.29, 1.82) is 0 Å². The van der Waals surface area contributed by atoms with Crippen LogP contribution in [0.5, 0.6) is 0 Å². The van der Waals surface area contributed by atoms with Crippen LogP contribution in [-0.2, 0) is 4.74 Å². The lowest BCUT2D eigenvalue weighted by atomic mass is 10.1. The number of unbranched alkanes of at least 4 members (excludes halogenated alkanes) is 2. The van der Waals surface area contributed by atoms with Gasteiger partial charge in [0.2, 0.25) is 0 Å². The van der Waals surface area contributed by atoms with Crippen molar-refractivity contribution in [1.82, 2.24) is 0 Å². The molecule has 0 aromatic carbocycles.